The van der Waals surface area contributed by atoms with E-state index in [0.29, 0.717) is 41.7 Å². The largest absolute Gasteiger partial charge is 0.492 e. The Morgan fingerprint density at radius 1 is 1.00 bits per heavy atom. The highest BCUT2D eigenvalue weighted by Gasteiger charge is 2.25. The van der Waals surface area contributed by atoms with E-state index in [0.717, 1.165) is 12.0 Å². The van der Waals surface area contributed by atoms with Crippen LogP contribution >= 0.6 is 0 Å². The highest BCUT2D eigenvalue weighted by Crippen LogP contribution is 2.47. The van der Waals surface area contributed by atoms with Gasteiger partial charge in [-0.05, 0) is 37.6 Å². The standard InChI is InChI=1S/C20H26N2O5/c1-5-22-20(23)15-12-16(18(25-3)19(26-4)17(15)24-2)27-14-8-6-13(7-9-14)10-11-21/h6-9,12H,5,10-11,21H2,1-4H3,(H,22,23). The molecule has 0 radical (unpaired) electrons. The van der Waals surface area contributed by atoms with Crippen molar-refractivity contribution in [2.75, 3.05) is 34.4 Å². The Balaban J connectivity index is 2.50. The van der Waals surface area contributed by atoms with Crippen LogP contribution in [-0.4, -0.2) is 40.3 Å². The number of nitrogens with two attached hydrogens (primary N) is 1. The van der Waals surface area contributed by atoms with Crippen LogP contribution in [0.2, 0.25) is 0 Å². The van der Waals surface area contributed by atoms with Crippen LogP contribution in [0.15, 0.2) is 30.3 Å². The highest BCUT2D eigenvalue weighted by molar-refractivity contribution is 5.99. The molecule has 2 aromatic carbocycles. The van der Waals surface area contributed by atoms with Crippen molar-refractivity contribution in [3.63, 3.8) is 0 Å². The van der Waals surface area contributed by atoms with Gasteiger partial charge in [-0.2, -0.15) is 0 Å². The minimum absolute atomic E-state index is 0.283. The third kappa shape index (κ3) is 4.62. The van der Waals surface area contributed by atoms with Crippen molar-refractivity contribution in [3.05, 3.63) is 41.5 Å². The fraction of sp³-hybridized carbons (Fsp3) is 0.350. The van der Waals surface area contributed by atoms with Gasteiger partial charge in [-0.1, -0.05) is 12.1 Å². The van der Waals surface area contributed by atoms with Gasteiger partial charge in [0.2, 0.25) is 11.5 Å². The van der Waals surface area contributed by atoms with Crippen molar-refractivity contribution in [3.8, 4) is 28.7 Å². The van der Waals surface area contributed by atoms with Crippen LogP contribution < -0.4 is 30.0 Å². The molecule has 0 aliphatic rings. The van der Waals surface area contributed by atoms with Gasteiger partial charge in [-0.25, -0.2) is 0 Å². The second-order valence-corrected chi connectivity index (χ2v) is 5.67. The topological polar surface area (TPSA) is 92.0 Å². The van der Waals surface area contributed by atoms with Crippen molar-refractivity contribution < 1.29 is 23.7 Å². The van der Waals surface area contributed by atoms with Crippen LogP contribution in [0, 0.1) is 0 Å². The third-order valence-corrected chi connectivity index (χ3v) is 3.93. The SMILES string of the molecule is CCNC(=O)c1cc(Oc2ccc(CCN)cc2)c(OC)c(OC)c1OC. The number of carbonyl (C=O) groups is 1. The minimum atomic E-state index is -0.293. The van der Waals surface area contributed by atoms with Crippen LogP contribution in [0.5, 0.6) is 28.7 Å². The van der Waals surface area contributed by atoms with Gasteiger partial charge in [0.25, 0.3) is 5.91 Å². The molecule has 3 N–H and O–H groups in total. The predicted octanol–water partition coefficient (Wildman–Crippen LogP) is 2.76. The molecule has 0 saturated heterocycles. The summed E-state index contributed by atoms with van der Waals surface area (Å²) in [6.07, 6.45) is 0.793. The minimum Gasteiger partial charge on any atom is -0.492 e. The number of ether oxygens (including phenoxy) is 4. The monoisotopic (exact) mass is 374 g/mol. The number of methoxy groups -OCH3 is 3. The molecule has 1 amide bonds. The molecule has 0 aliphatic carbocycles. The second-order valence-electron chi connectivity index (χ2n) is 5.67. The van der Waals surface area contributed by atoms with Gasteiger partial charge in [-0.15, -0.1) is 0 Å². The molecular formula is C20H26N2O5. The van der Waals surface area contributed by atoms with Gasteiger partial charge in [0.1, 0.15) is 5.75 Å². The predicted molar refractivity (Wildman–Crippen MR) is 103 cm³/mol. The van der Waals surface area contributed by atoms with E-state index in [2.05, 4.69) is 5.32 Å². The Bertz CT molecular complexity index is 775. The smallest absolute Gasteiger partial charge is 0.255 e. The van der Waals surface area contributed by atoms with E-state index in [1.807, 2.05) is 31.2 Å². The molecule has 0 heterocycles. The summed E-state index contributed by atoms with van der Waals surface area (Å²) in [7, 11) is 4.45. The highest BCUT2D eigenvalue weighted by atomic mass is 16.5. The first-order valence-corrected chi connectivity index (χ1v) is 8.67. The molecule has 0 spiro atoms. The molecule has 0 bridgehead atoms. The Labute approximate surface area is 159 Å². The number of hydrogen-bond acceptors (Lipinski definition) is 6. The molecular weight excluding hydrogens is 348 g/mol. The molecule has 0 aromatic heterocycles. The summed E-state index contributed by atoms with van der Waals surface area (Å²) in [5.41, 5.74) is 6.99. The lowest BCUT2D eigenvalue weighted by atomic mass is 10.1. The van der Waals surface area contributed by atoms with Crippen LogP contribution in [0.25, 0.3) is 0 Å². The first-order valence-electron chi connectivity index (χ1n) is 8.67. The Morgan fingerprint density at radius 2 is 1.63 bits per heavy atom. The van der Waals surface area contributed by atoms with Crippen LogP contribution in [0.4, 0.5) is 0 Å². The average molecular weight is 374 g/mol. The second kappa shape index (κ2) is 9.68. The van der Waals surface area contributed by atoms with Crippen molar-refractivity contribution in [1.29, 1.82) is 0 Å². The Kier molecular flexibility index (Phi) is 7.31. The molecule has 27 heavy (non-hydrogen) atoms. The molecule has 7 nitrogen and oxygen atoms in total. The summed E-state index contributed by atoms with van der Waals surface area (Å²) in [6, 6.07) is 9.15. The van der Waals surface area contributed by atoms with Gasteiger partial charge in [0.15, 0.2) is 11.5 Å². The van der Waals surface area contributed by atoms with Crippen LogP contribution in [-0.2, 0) is 6.42 Å². The maximum atomic E-state index is 12.5. The van der Waals surface area contributed by atoms with Gasteiger partial charge in [0.05, 0.1) is 26.9 Å². The number of rotatable bonds is 9. The van der Waals surface area contributed by atoms with Crippen molar-refractivity contribution in [2.45, 2.75) is 13.3 Å². The van der Waals surface area contributed by atoms with E-state index >= 15 is 0 Å². The quantitative estimate of drug-likeness (QED) is 0.701. The van der Waals surface area contributed by atoms with E-state index in [1.165, 1.54) is 21.3 Å². The summed E-state index contributed by atoms with van der Waals surface area (Å²) in [6.45, 7) is 2.90. The van der Waals surface area contributed by atoms with E-state index in [-0.39, 0.29) is 11.7 Å². The Morgan fingerprint density at radius 3 is 2.15 bits per heavy atom. The van der Waals surface area contributed by atoms with Crippen molar-refractivity contribution in [1.82, 2.24) is 5.32 Å². The van der Waals surface area contributed by atoms with Crippen LogP contribution in [0.1, 0.15) is 22.8 Å². The molecule has 146 valence electrons. The van der Waals surface area contributed by atoms with Gasteiger partial charge in [0, 0.05) is 12.6 Å². The number of carbonyl (C=O) groups excluding carboxylic acids is 1. The van der Waals surface area contributed by atoms with Crippen molar-refractivity contribution in [2.24, 2.45) is 5.73 Å². The van der Waals surface area contributed by atoms with E-state index in [9.17, 15) is 4.79 Å². The molecule has 0 saturated carbocycles. The lowest BCUT2D eigenvalue weighted by Gasteiger charge is -2.19. The average Bonchev–Trinajstić information content (AvgIpc) is 2.68. The van der Waals surface area contributed by atoms with Gasteiger partial charge < -0.3 is 30.0 Å². The lowest BCUT2D eigenvalue weighted by molar-refractivity contribution is 0.0951. The zero-order valence-electron chi connectivity index (χ0n) is 16.1. The Hall–Kier alpha value is -2.93. The number of amides is 1. The molecule has 0 aliphatic heterocycles. The maximum Gasteiger partial charge on any atom is 0.255 e. The van der Waals surface area contributed by atoms with E-state index in [1.54, 1.807) is 6.07 Å². The fourth-order valence-corrected chi connectivity index (χ4v) is 2.70. The maximum absolute atomic E-state index is 12.5. The van der Waals surface area contributed by atoms with Gasteiger partial charge >= 0.3 is 0 Å². The summed E-state index contributed by atoms with van der Waals surface area (Å²) in [5.74, 6) is 1.57. The first kappa shape index (κ1) is 20.4. The van der Waals surface area contributed by atoms with E-state index in [4.69, 9.17) is 24.7 Å². The fourth-order valence-electron chi connectivity index (χ4n) is 2.70. The van der Waals surface area contributed by atoms with Crippen molar-refractivity contribution >= 4 is 5.91 Å². The lowest BCUT2D eigenvalue weighted by Crippen LogP contribution is -2.23. The molecule has 0 fully saturated rings. The normalized spacial score (nSPS) is 10.3. The summed E-state index contributed by atoms with van der Waals surface area (Å²) >= 11 is 0. The van der Waals surface area contributed by atoms with Gasteiger partial charge in [-0.3, -0.25) is 4.79 Å². The summed E-state index contributed by atoms with van der Waals surface area (Å²) < 4.78 is 22.3. The zero-order valence-corrected chi connectivity index (χ0v) is 16.1. The first-order chi connectivity index (χ1) is 13.1. The number of nitrogens with one attached hydrogen (secondary N) is 1. The molecule has 0 unspecified atom stereocenters. The third-order valence-electron chi connectivity index (χ3n) is 3.93. The summed E-state index contributed by atoms with van der Waals surface area (Å²) in [4.78, 5) is 12.5. The van der Waals surface area contributed by atoms with Crippen LogP contribution in [0.3, 0.4) is 0 Å². The number of benzene rings is 2. The van der Waals surface area contributed by atoms with E-state index < -0.39 is 0 Å². The number of hydrogen-bond donors (Lipinski definition) is 2. The molecule has 2 rings (SSSR count). The molecule has 2 aromatic rings. The summed E-state index contributed by atoms with van der Waals surface area (Å²) in [5, 5.41) is 2.76. The molecule has 0 atom stereocenters. The molecule has 7 heteroatoms. The zero-order chi connectivity index (χ0) is 19.8.